The molecule has 11 heavy (non-hydrogen) atoms. The zero-order valence-electron chi connectivity index (χ0n) is 7.23. The van der Waals surface area contributed by atoms with Gasteiger partial charge in [0.05, 0.1) is 0 Å². The third-order valence-electron chi connectivity index (χ3n) is 1.97. The highest BCUT2D eigenvalue weighted by atomic mass is 35.5. The van der Waals surface area contributed by atoms with Crippen molar-refractivity contribution in [2.75, 3.05) is 13.1 Å². The van der Waals surface area contributed by atoms with E-state index in [-0.39, 0.29) is 12.4 Å². The van der Waals surface area contributed by atoms with Crippen molar-refractivity contribution in [1.29, 1.82) is 0 Å². The van der Waals surface area contributed by atoms with E-state index in [4.69, 9.17) is 0 Å². The Kier molecular flexibility index (Phi) is 6.68. The lowest BCUT2D eigenvalue weighted by Crippen LogP contribution is -2.22. The van der Waals surface area contributed by atoms with Crippen LogP contribution in [0.25, 0.3) is 0 Å². The molecule has 0 aromatic heterocycles. The Morgan fingerprint density at radius 3 is 2.55 bits per heavy atom. The first-order chi connectivity index (χ1) is 4.93. The molecule has 1 aliphatic heterocycles. The highest BCUT2D eigenvalue weighted by molar-refractivity contribution is 5.85. The van der Waals surface area contributed by atoms with E-state index in [1.54, 1.807) is 5.57 Å². The molecule has 0 aliphatic carbocycles. The van der Waals surface area contributed by atoms with Crippen LogP contribution >= 0.6 is 12.4 Å². The van der Waals surface area contributed by atoms with E-state index in [9.17, 15) is 0 Å². The third-order valence-corrected chi connectivity index (χ3v) is 1.97. The van der Waals surface area contributed by atoms with Gasteiger partial charge in [0, 0.05) is 0 Å². The van der Waals surface area contributed by atoms with E-state index in [0.29, 0.717) is 0 Å². The second kappa shape index (κ2) is 6.68. The van der Waals surface area contributed by atoms with Crippen LogP contribution in [0.5, 0.6) is 0 Å². The summed E-state index contributed by atoms with van der Waals surface area (Å²) in [7, 11) is 0. The molecule has 1 saturated heterocycles. The first-order valence-electron chi connectivity index (χ1n) is 4.32. The predicted molar refractivity (Wildman–Crippen MR) is 52.3 cm³/mol. The number of allylic oxidation sites excluding steroid dienone is 1. The zero-order chi connectivity index (χ0) is 7.23. The van der Waals surface area contributed by atoms with E-state index in [0.717, 1.165) is 0 Å². The Morgan fingerprint density at radius 2 is 2.00 bits per heavy atom. The number of piperidine rings is 1. The quantitative estimate of drug-likeness (QED) is 0.637. The highest BCUT2D eigenvalue weighted by Gasteiger charge is 2.02. The van der Waals surface area contributed by atoms with Crippen LogP contribution in [0.3, 0.4) is 0 Å². The Morgan fingerprint density at radius 1 is 1.36 bits per heavy atom. The smallest absolute Gasteiger partial charge is 0.00115 e. The van der Waals surface area contributed by atoms with E-state index < -0.39 is 0 Å². The minimum Gasteiger partial charge on any atom is -0.316 e. The molecule has 0 bridgehead atoms. The van der Waals surface area contributed by atoms with E-state index in [1.165, 1.54) is 38.8 Å². The molecular formula is C9H18ClN. The summed E-state index contributed by atoms with van der Waals surface area (Å²) in [5.41, 5.74) is 1.67. The SMILES string of the molecule is CCCC=C1CCNCC1.Cl. The molecule has 1 N–H and O–H groups in total. The van der Waals surface area contributed by atoms with Gasteiger partial charge in [-0.25, -0.2) is 0 Å². The van der Waals surface area contributed by atoms with Crippen LogP contribution < -0.4 is 5.32 Å². The Labute approximate surface area is 75.7 Å². The summed E-state index contributed by atoms with van der Waals surface area (Å²) in [6.45, 7) is 4.61. The molecule has 0 atom stereocenters. The van der Waals surface area contributed by atoms with Crippen molar-refractivity contribution >= 4 is 12.4 Å². The normalized spacial score (nSPS) is 17.4. The molecule has 2 heteroatoms. The van der Waals surface area contributed by atoms with Gasteiger partial charge in [-0.3, -0.25) is 0 Å². The lowest BCUT2D eigenvalue weighted by molar-refractivity contribution is 0.606. The highest BCUT2D eigenvalue weighted by Crippen LogP contribution is 2.10. The monoisotopic (exact) mass is 175 g/mol. The Balaban J connectivity index is 0.000001000. The molecule has 1 aliphatic rings. The van der Waals surface area contributed by atoms with Gasteiger partial charge in [-0.05, 0) is 32.4 Å². The van der Waals surface area contributed by atoms with Crippen molar-refractivity contribution in [2.24, 2.45) is 0 Å². The summed E-state index contributed by atoms with van der Waals surface area (Å²) in [6.07, 6.45) is 7.53. The average Bonchev–Trinajstić information content (AvgIpc) is 2.03. The molecule has 0 amide bonds. The first-order valence-corrected chi connectivity index (χ1v) is 4.32. The van der Waals surface area contributed by atoms with E-state index in [1.807, 2.05) is 0 Å². The summed E-state index contributed by atoms with van der Waals surface area (Å²) >= 11 is 0. The summed E-state index contributed by atoms with van der Waals surface area (Å²) < 4.78 is 0. The largest absolute Gasteiger partial charge is 0.316 e. The minimum absolute atomic E-state index is 0. The molecule has 1 fully saturated rings. The average molecular weight is 176 g/mol. The van der Waals surface area contributed by atoms with Crippen molar-refractivity contribution in [1.82, 2.24) is 5.32 Å². The fourth-order valence-electron chi connectivity index (χ4n) is 1.30. The van der Waals surface area contributed by atoms with Crippen molar-refractivity contribution in [3.63, 3.8) is 0 Å². The maximum Gasteiger partial charge on any atom is -0.00115 e. The maximum absolute atomic E-state index is 3.35. The van der Waals surface area contributed by atoms with E-state index in [2.05, 4.69) is 18.3 Å². The number of nitrogens with one attached hydrogen (secondary N) is 1. The van der Waals surface area contributed by atoms with Crippen LogP contribution in [-0.4, -0.2) is 13.1 Å². The molecule has 0 aromatic carbocycles. The Hall–Kier alpha value is -0.0100. The maximum atomic E-state index is 3.35. The van der Waals surface area contributed by atoms with Gasteiger partial charge in [0.25, 0.3) is 0 Å². The topological polar surface area (TPSA) is 12.0 Å². The number of rotatable bonds is 2. The van der Waals surface area contributed by atoms with Crippen molar-refractivity contribution in [3.05, 3.63) is 11.6 Å². The summed E-state index contributed by atoms with van der Waals surface area (Å²) in [4.78, 5) is 0. The fourth-order valence-corrected chi connectivity index (χ4v) is 1.30. The molecule has 0 aromatic rings. The van der Waals surface area contributed by atoms with Gasteiger partial charge in [-0.15, -0.1) is 12.4 Å². The van der Waals surface area contributed by atoms with Crippen LogP contribution in [0, 0.1) is 0 Å². The molecule has 1 nitrogen and oxygen atoms in total. The van der Waals surface area contributed by atoms with Gasteiger partial charge in [0.2, 0.25) is 0 Å². The Bertz CT molecular complexity index is 113. The summed E-state index contributed by atoms with van der Waals surface area (Å²) in [5, 5.41) is 3.35. The number of unbranched alkanes of at least 4 members (excludes halogenated alkanes) is 1. The zero-order valence-corrected chi connectivity index (χ0v) is 8.04. The molecule has 1 rings (SSSR count). The summed E-state index contributed by atoms with van der Waals surface area (Å²) in [6, 6.07) is 0. The molecule has 1 heterocycles. The van der Waals surface area contributed by atoms with Crippen LogP contribution in [0.2, 0.25) is 0 Å². The molecule has 66 valence electrons. The van der Waals surface area contributed by atoms with Gasteiger partial charge in [0.15, 0.2) is 0 Å². The van der Waals surface area contributed by atoms with Gasteiger partial charge in [-0.2, -0.15) is 0 Å². The van der Waals surface area contributed by atoms with Crippen LogP contribution in [0.4, 0.5) is 0 Å². The molecule has 0 spiro atoms. The fraction of sp³-hybridized carbons (Fsp3) is 0.778. The predicted octanol–water partition coefficient (Wildman–Crippen LogP) is 2.52. The van der Waals surface area contributed by atoms with Gasteiger partial charge in [0.1, 0.15) is 0 Å². The third kappa shape index (κ3) is 4.44. The lowest BCUT2D eigenvalue weighted by Gasteiger charge is -2.14. The van der Waals surface area contributed by atoms with Crippen molar-refractivity contribution < 1.29 is 0 Å². The first kappa shape index (κ1) is 11.0. The van der Waals surface area contributed by atoms with Crippen molar-refractivity contribution in [3.8, 4) is 0 Å². The standard InChI is InChI=1S/C9H17N.ClH/c1-2-3-4-9-5-7-10-8-6-9;/h4,10H,2-3,5-8H2,1H3;1H. The molecular weight excluding hydrogens is 158 g/mol. The second-order valence-electron chi connectivity index (χ2n) is 2.90. The number of halogens is 1. The van der Waals surface area contributed by atoms with Gasteiger partial charge >= 0.3 is 0 Å². The van der Waals surface area contributed by atoms with E-state index >= 15 is 0 Å². The van der Waals surface area contributed by atoms with Crippen molar-refractivity contribution in [2.45, 2.75) is 32.6 Å². The van der Waals surface area contributed by atoms with Crippen LogP contribution in [0.15, 0.2) is 11.6 Å². The van der Waals surface area contributed by atoms with Gasteiger partial charge in [-0.1, -0.05) is 25.0 Å². The number of hydrogen-bond acceptors (Lipinski definition) is 1. The summed E-state index contributed by atoms with van der Waals surface area (Å²) in [5.74, 6) is 0. The number of hydrogen-bond donors (Lipinski definition) is 1. The molecule has 0 saturated carbocycles. The second-order valence-corrected chi connectivity index (χ2v) is 2.90. The van der Waals surface area contributed by atoms with Gasteiger partial charge < -0.3 is 5.32 Å². The lowest BCUT2D eigenvalue weighted by atomic mass is 10.0. The molecule has 0 radical (unpaired) electrons. The molecule has 0 unspecified atom stereocenters. The minimum atomic E-state index is 0. The van der Waals surface area contributed by atoms with Crippen LogP contribution in [-0.2, 0) is 0 Å². The van der Waals surface area contributed by atoms with Crippen LogP contribution in [0.1, 0.15) is 32.6 Å².